The number of halogens is 4. The summed E-state index contributed by atoms with van der Waals surface area (Å²) >= 11 is 0. The Morgan fingerprint density at radius 2 is 2.12 bits per heavy atom. The highest BCUT2D eigenvalue weighted by Crippen LogP contribution is 2.41. The quantitative estimate of drug-likeness (QED) is 0.622. The van der Waals surface area contributed by atoms with Crippen LogP contribution in [0.1, 0.15) is 30.9 Å². The predicted octanol–water partition coefficient (Wildman–Crippen LogP) is 3.54. The predicted molar refractivity (Wildman–Crippen MR) is 75.7 cm³/mol. The summed E-state index contributed by atoms with van der Waals surface area (Å²) in [5.41, 5.74) is -0.735. The van der Waals surface area contributed by atoms with Crippen LogP contribution < -0.4 is 0 Å². The third-order valence-electron chi connectivity index (χ3n) is 4.33. The molecule has 0 bridgehead atoms. The van der Waals surface area contributed by atoms with E-state index < -0.39 is 17.6 Å². The first-order chi connectivity index (χ1) is 11.3. The average molecular weight is 345 g/mol. The molecular formula is C16H15F4NO3. The number of ether oxygens (including phenoxy) is 1. The van der Waals surface area contributed by atoms with E-state index in [0.717, 1.165) is 12.1 Å². The fourth-order valence-corrected chi connectivity index (χ4v) is 3.24. The van der Waals surface area contributed by atoms with Gasteiger partial charge in [-0.25, -0.2) is 4.39 Å². The molecule has 2 aliphatic rings. The first-order valence-corrected chi connectivity index (χ1v) is 7.50. The maximum Gasteiger partial charge on any atom is 0.419 e. The Bertz CT molecular complexity index is 686. The molecule has 1 aliphatic heterocycles. The minimum absolute atomic E-state index is 0.0666. The molecule has 0 N–H and O–H groups in total. The lowest BCUT2D eigenvalue weighted by Gasteiger charge is -2.13. The van der Waals surface area contributed by atoms with E-state index in [2.05, 4.69) is 5.16 Å². The second-order valence-electron chi connectivity index (χ2n) is 6.06. The van der Waals surface area contributed by atoms with Gasteiger partial charge in [0, 0.05) is 18.4 Å². The highest BCUT2D eigenvalue weighted by molar-refractivity contribution is 6.03. The van der Waals surface area contributed by atoms with Crippen molar-refractivity contribution in [3.05, 3.63) is 35.1 Å². The lowest BCUT2D eigenvalue weighted by molar-refractivity contribution is -0.142. The van der Waals surface area contributed by atoms with Crippen molar-refractivity contribution in [3.63, 3.8) is 0 Å². The van der Waals surface area contributed by atoms with Gasteiger partial charge in [0.2, 0.25) is 0 Å². The Kier molecular flexibility index (Phi) is 4.23. The molecule has 0 spiro atoms. The van der Waals surface area contributed by atoms with Crippen molar-refractivity contribution < 1.29 is 31.9 Å². The molecule has 0 aromatic heterocycles. The maximum absolute atomic E-state index is 13.4. The Balaban J connectivity index is 1.78. The summed E-state index contributed by atoms with van der Waals surface area (Å²) in [7, 11) is 0. The summed E-state index contributed by atoms with van der Waals surface area (Å²) in [6.07, 6.45) is -3.82. The van der Waals surface area contributed by atoms with Crippen LogP contribution in [0.4, 0.5) is 17.6 Å². The molecule has 130 valence electrons. The Labute approximate surface area is 135 Å². The molecule has 24 heavy (non-hydrogen) atoms. The van der Waals surface area contributed by atoms with Crippen molar-refractivity contribution in [1.82, 2.24) is 0 Å². The summed E-state index contributed by atoms with van der Waals surface area (Å²) in [4.78, 5) is 16.2. The van der Waals surface area contributed by atoms with Gasteiger partial charge in [-0.15, -0.1) is 0 Å². The topological polar surface area (TPSA) is 47.9 Å². The van der Waals surface area contributed by atoms with Crippen molar-refractivity contribution >= 4 is 11.7 Å². The number of benzene rings is 1. The molecule has 0 radical (unpaired) electrons. The van der Waals surface area contributed by atoms with Crippen LogP contribution in [0.25, 0.3) is 0 Å². The van der Waals surface area contributed by atoms with E-state index in [1.54, 1.807) is 0 Å². The molecule has 3 atom stereocenters. The average Bonchev–Trinajstić information content (AvgIpc) is 3.04. The van der Waals surface area contributed by atoms with E-state index in [4.69, 9.17) is 9.57 Å². The Hall–Kier alpha value is -2.12. The minimum atomic E-state index is -4.77. The standard InChI is InChI=1S/C16H15F4NO3/c1-8(22)23-7-9-4-11-14(5-9)24-21-15(11)10-2-3-13(17)12(6-10)16(18,19)20/h2-3,6,9,11,14H,4-5,7H2,1H3. The summed E-state index contributed by atoms with van der Waals surface area (Å²) in [5.74, 6) is -1.81. The van der Waals surface area contributed by atoms with Crippen molar-refractivity contribution in [3.8, 4) is 0 Å². The van der Waals surface area contributed by atoms with Gasteiger partial charge in [0.25, 0.3) is 0 Å². The first kappa shape index (κ1) is 16.7. The molecular weight excluding hydrogens is 330 g/mol. The SMILES string of the molecule is CC(=O)OCC1CC2ON=C(c3ccc(F)c(C(F)(F)F)c3)C2C1. The normalized spacial score (nSPS) is 25.9. The maximum atomic E-state index is 13.4. The highest BCUT2D eigenvalue weighted by atomic mass is 19.4. The van der Waals surface area contributed by atoms with Crippen LogP contribution in [-0.2, 0) is 20.5 Å². The van der Waals surface area contributed by atoms with Gasteiger partial charge in [-0.3, -0.25) is 4.79 Å². The van der Waals surface area contributed by atoms with Crippen LogP contribution in [0, 0.1) is 17.7 Å². The smallest absolute Gasteiger partial charge is 0.419 e. The van der Waals surface area contributed by atoms with Crippen molar-refractivity contribution in [2.45, 2.75) is 32.0 Å². The summed E-state index contributed by atoms with van der Waals surface area (Å²) in [5, 5.41) is 3.89. The van der Waals surface area contributed by atoms with E-state index >= 15 is 0 Å². The largest absolute Gasteiger partial charge is 0.466 e. The zero-order chi connectivity index (χ0) is 17.5. The number of nitrogens with zero attached hydrogens (tertiary/aromatic N) is 1. The molecule has 1 heterocycles. The van der Waals surface area contributed by atoms with Gasteiger partial charge < -0.3 is 9.57 Å². The van der Waals surface area contributed by atoms with Gasteiger partial charge in [0.1, 0.15) is 11.9 Å². The number of carbonyl (C=O) groups excluding carboxylic acids is 1. The van der Waals surface area contributed by atoms with E-state index in [1.807, 2.05) is 0 Å². The fraction of sp³-hybridized carbons (Fsp3) is 0.500. The van der Waals surface area contributed by atoms with E-state index in [9.17, 15) is 22.4 Å². The fourth-order valence-electron chi connectivity index (χ4n) is 3.24. The second-order valence-corrected chi connectivity index (χ2v) is 6.06. The first-order valence-electron chi connectivity index (χ1n) is 7.50. The third kappa shape index (κ3) is 3.22. The van der Waals surface area contributed by atoms with Gasteiger partial charge in [-0.1, -0.05) is 11.2 Å². The van der Waals surface area contributed by atoms with Crippen LogP contribution in [0.15, 0.2) is 23.4 Å². The summed E-state index contributed by atoms with van der Waals surface area (Å²) in [6, 6.07) is 2.83. The minimum Gasteiger partial charge on any atom is -0.466 e. The number of oxime groups is 1. The van der Waals surface area contributed by atoms with Gasteiger partial charge in [-0.05, 0) is 30.9 Å². The van der Waals surface area contributed by atoms with Gasteiger partial charge in [0.05, 0.1) is 17.9 Å². The van der Waals surface area contributed by atoms with Crippen molar-refractivity contribution in [1.29, 1.82) is 0 Å². The van der Waals surface area contributed by atoms with Crippen LogP contribution in [0.5, 0.6) is 0 Å². The van der Waals surface area contributed by atoms with Crippen LogP contribution in [-0.4, -0.2) is 24.4 Å². The van der Waals surface area contributed by atoms with Gasteiger partial charge in [-0.2, -0.15) is 13.2 Å². The lowest BCUT2D eigenvalue weighted by Crippen LogP contribution is -2.19. The molecule has 4 nitrogen and oxygen atoms in total. The number of alkyl halides is 3. The number of fused-ring (bicyclic) bond motifs is 1. The molecule has 0 saturated heterocycles. The highest BCUT2D eigenvalue weighted by Gasteiger charge is 2.44. The summed E-state index contributed by atoms with van der Waals surface area (Å²) < 4.78 is 57.0. The van der Waals surface area contributed by atoms with E-state index in [0.29, 0.717) is 18.6 Å². The molecule has 1 saturated carbocycles. The number of rotatable bonds is 3. The molecule has 1 aliphatic carbocycles. The monoisotopic (exact) mass is 345 g/mol. The van der Waals surface area contributed by atoms with E-state index in [1.165, 1.54) is 13.0 Å². The molecule has 0 amide bonds. The van der Waals surface area contributed by atoms with Crippen LogP contribution >= 0.6 is 0 Å². The van der Waals surface area contributed by atoms with Crippen molar-refractivity contribution in [2.24, 2.45) is 17.0 Å². The van der Waals surface area contributed by atoms with Crippen LogP contribution in [0.2, 0.25) is 0 Å². The lowest BCUT2D eigenvalue weighted by atomic mass is 9.92. The second kappa shape index (κ2) is 6.07. The Morgan fingerprint density at radius 3 is 2.79 bits per heavy atom. The summed E-state index contributed by atoms with van der Waals surface area (Å²) in [6.45, 7) is 1.56. The zero-order valence-corrected chi connectivity index (χ0v) is 12.8. The van der Waals surface area contributed by atoms with E-state index in [-0.39, 0.29) is 36.1 Å². The molecule has 1 fully saturated rings. The Morgan fingerprint density at radius 1 is 1.38 bits per heavy atom. The number of esters is 1. The molecule has 1 aromatic rings. The zero-order valence-electron chi connectivity index (χ0n) is 12.8. The van der Waals surface area contributed by atoms with Gasteiger partial charge in [0.15, 0.2) is 0 Å². The number of hydrogen-bond acceptors (Lipinski definition) is 4. The molecule has 8 heteroatoms. The molecule has 3 rings (SSSR count). The molecule has 1 aromatic carbocycles. The number of carbonyl (C=O) groups is 1. The van der Waals surface area contributed by atoms with Crippen molar-refractivity contribution in [2.75, 3.05) is 6.61 Å². The van der Waals surface area contributed by atoms with Gasteiger partial charge >= 0.3 is 12.1 Å². The van der Waals surface area contributed by atoms with Crippen LogP contribution in [0.3, 0.4) is 0 Å². The third-order valence-corrected chi connectivity index (χ3v) is 4.33. The molecule has 3 unspecified atom stereocenters. The number of hydrogen-bond donors (Lipinski definition) is 0.